The molecule has 0 fully saturated rings. The van der Waals surface area contributed by atoms with Crippen molar-refractivity contribution < 1.29 is 15.3 Å². The third kappa shape index (κ3) is 2.56. The average Bonchev–Trinajstić information content (AvgIpc) is 2.20. The molecule has 0 amide bonds. The van der Waals surface area contributed by atoms with Gasteiger partial charge in [0.25, 0.3) is 0 Å². The average molecular weight is 238 g/mol. The van der Waals surface area contributed by atoms with Crippen LogP contribution < -0.4 is 0 Å². The zero-order chi connectivity index (χ0) is 10.7. The van der Waals surface area contributed by atoms with Crippen LogP contribution in [-0.2, 0) is 0 Å². The number of hydrogen-bond donors (Lipinski definition) is 3. The maximum absolute atomic E-state index is 9.45. The molecule has 0 spiro atoms. The summed E-state index contributed by atoms with van der Waals surface area (Å²) in [4.78, 5) is 3.70. The Kier molecular flexibility index (Phi) is 4.10. The van der Waals surface area contributed by atoms with Crippen LogP contribution in [0.5, 0.6) is 0 Å². The van der Waals surface area contributed by atoms with Crippen molar-refractivity contribution in [3.05, 3.63) is 28.0 Å². The first-order valence-corrected chi connectivity index (χ1v) is 4.59. The van der Waals surface area contributed by atoms with E-state index in [0.717, 1.165) is 0 Å². The molecule has 0 aliphatic heterocycles. The van der Waals surface area contributed by atoms with E-state index in [9.17, 15) is 5.11 Å². The molecule has 0 aliphatic carbocycles. The van der Waals surface area contributed by atoms with Crippen LogP contribution in [0, 0.1) is 0 Å². The van der Waals surface area contributed by atoms with Gasteiger partial charge in [-0.1, -0.05) is 23.2 Å². The van der Waals surface area contributed by atoms with Gasteiger partial charge in [0.05, 0.1) is 11.6 Å². The minimum Gasteiger partial charge on any atom is -0.394 e. The van der Waals surface area contributed by atoms with E-state index in [2.05, 4.69) is 4.98 Å². The highest BCUT2D eigenvalue weighted by Gasteiger charge is 2.18. The Balaban J connectivity index is 2.91. The zero-order valence-corrected chi connectivity index (χ0v) is 8.57. The van der Waals surface area contributed by atoms with Crippen molar-refractivity contribution in [2.75, 3.05) is 6.61 Å². The van der Waals surface area contributed by atoms with E-state index in [1.807, 2.05) is 0 Å². The lowest BCUT2D eigenvalue weighted by atomic mass is 10.1. The number of hydrogen-bond acceptors (Lipinski definition) is 4. The molecule has 0 bridgehead atoms. The van der Waals surface area contributed by atoms with E-state index in [4.69, 9.17) is 33.4 Å². The molecule has 1 heterocycles. The van der Waals surface area contributed by atoms with E-state index < -0.39 is 18.8 Å². The predicted octanol–water partition coefficient (Wildman–Crippen LogP) is 0.775. The SMILES string of the molecule is OCC(O)C(O)c1cnc(Cl)c(Cl)c1. The van der Waals surface area contributed by atoms with Crippen molar-refractivity contribution in [2.24, 2.45) is 0 Å². The van der Waals surface area contributed by atoms with Gasteiger partial charge >= 0.3 is 0 Å². The summed E-state index contributed by atoms with van der Waals surface area (Å²) in [7, 11) is 0. The minimum absolute atomic E-state index is 0.126. The Bertz CT molecular complexity index is 321. The molecular weight excluding hydrogens is 229 g/mol. The summed E-state index contributed by atoms with van der Waals surface area (Å²) < 4.78 is 0. The third-order valence-corrected chi connectivity index (χ3v) is 2.40. The summed E-state index contributed by atoms with van der Waals surface area (Å²) in [5, 5.41) is 27.5. The van der Waals surface area contributed by atoms with Crippen molar-refractivity contribution >= 4 is 23.2 Å². The topological polar surface area (TPSA) is 73.6 Å². The fourth-order valence-corrected chi connectivity index (χ4v) is 1.20. The predicted molar refractivity (Wildman–Crippen MR) is 52.3 cm³/mol. The lowest BCUT2D eigenvalue weighted by Gasteiger charge is -2.15. The molecule has 2 atom stereocenters. The molecule has 2 unspecified atom stereocenters. The van der Waals surface area contributed by atoms with Crippen molar-refractivity contribution in [3.63, 3.8) is 0 Å². The van der Waals surface area contributed by atoms with E-state index in [1.165, 1.54) is 12.3 Å². The van der Waals surface area contributed by atoms with Gasteiger partial charge in [-0.3, -0.25) is 0 Å². The van der Waals surface area contributed by atoms with Gasteiger partial charge in [-0.05, 0) is 6.07 Å². The molecule has 0 aromatic carbocycles. The molecule has 1 aromatic rings. The van der Waals surface area contributed by atoms with Crippen LogP contribution in [0.25, 0.3) is 0 Å². The quantitative estimate of drug-likeness (QED) is 0.680. The molecule has 1 aromatic heterocycles. The van der Waals surface area contributed by atoms with Crippen LogP contribution in [0.2, 0.25) is 10.2 Å². The highest BCUT2D eigenvalue weighted by atomic mass is 35.5. The first-order valence-electron chi connectivity index (χ1n) is 3.84. The van der Waals surface area contributed by atoms with Crippen LogP contribution in [0.3, 0.4) is 0 Å². The molecule has 1 rings (SSSR count). The van der Waals surface area contributed by atoms with Crippen molar-refractivity contribution in [1.82, 2.24) is 4.98 Å². The first kappa shape index (κ1) is 11.7. The fourth-order valence-electron chi connectivity index (χ4n) is 0.920. The number of pyridine rings is 1. The number of nitrogens with zero attached hydrogens (tertiary/aromatic N) is 1. The van der Waals surface area contributed by atoms with Gasteiger partial charge in [-0.15, -0.1) is 0 Å². The summed E-state index contributed by atoms with van der Waals surface area (Å²) in [6.45, 7) is -0.540. The van der Waals surface area contributed by atoms with Crippen LogP contribution in [0.1, 0.15) is 11.7 Å². The molecule has 14 heavy (non-hydrogen) atoms. The second-order valence-corrected chi connectivity index (χ2v) is 3.50. The van der Waals surface area contributed by atoms with Crippen LogP contribution in [0.4, 0.5) is 0 Å². The second kappa shape index (κ2) is 4.91. The van der Waals surface area contributed by atoms with Gasteiger partial charge in [0, 0.05) is 11.8 Å². The summed E-state index contributed by atoms with van der Waals surface area (Å²) in [6.07, 6.45) is -1.19. The molecule has 0 aliphatic rings. The smallest absolute Gasteiger partial charge is 0.147 e. The Morgan fingerprint density at radius 1 is 1.36 bits per heavy atom. The molecule has 0 radical (unpaired) electrons. The Morgan fingerprint density at radius 3 is 2.50 bits per heavy atom. The second-order valence-electron chi connectivity index (χ2n) is 2.74. The number of aromatic nitrogens is 1. The molecular formula is C8H9Cl2NO3. The van der Waals surface area contributed by atoms with Crippen LogP contribution in [-0.4, -0.2) is 33.0 Å². The lowest BCUT2D eigenvalue weighted by Crippen LogP contribution is -2.22. The highest BCUT2D eigenvalue weighted by Crippen LogP contribution is 2.24. The number of rotatable bonds is 3. The standard InChI is InChI=1S/C8H9Cl2NO3/c9-5-1-4(2-11-8(5)10)7(14)6(13)3-12/h1-2,6-7,12-14H,3H2. The zero-order valence-electron chi connectivity index (χ0n) is 7.06. The lowest BCUT2D eigenvalue weighted by molar-refractivity contribution is -0.0154. The van der Waals surface area contributed by atoms with Gasteiger partial charge in [0.2, 0.25) is 0 Å². The van der Waals surface area contributed by atoms with Crippen molar-refractivity contribution in [3.8, 4) is 0 Å². The Labute approximate surface area is 90.7 Å². The maximum Gasteiger partial charge on any atom is 0.147 e. The summed E-state index contributed by atoms with van der Waals surface area (Å²) in [5.74, 6) is 0. The first-order chi connectivity index (χ1) is 6.56. The van der Waals surface area contributed by atoms with Crippen LogP contribution in [0.15, 0.2) is 12.3 Å². The highest BCUT2D eigenvalue weighted by molar-refractivity contribution is 6.41. The van der Waals surface area contributed by atoms with Gasteiger partial charge in [-0.25, -0.2) is 4.98 Å². The van der Waals surface area contributed by atoms with E-state index >= 15 is 0 Å². The molecule has 6 heteroatoms. The van der Waals surface area contributed by atoms with Gasteiger partial charge < -0.3 is 15.3 Å². The maximum atomic E-state index is 9.45. The van der Waals surface area contributed by atoms with E-state index in [1.54, 1.807) is 0 Å². The summed E-state index contributed by atoms with van der Waals surface area (Å²) in [5.41, 5.74) is 0.306. The molecule has 0 saturated carbocycles. The Morgan fingerprint density at radius 2 is 2.00 bits per heavy atom. The number of aliphatic hydroxyl groups is 3. The minimum atomic E-state index is -1.26. The van der Waals surface area contributed by atoms with E-state index in [-0.39, 0.29) is 10.2 Å². The third-order valence-electron chi connectivity index (χ3n) is 1.71. The van der Waals surface area contributed by atoms with Gasteiger partial charge in [-0.2, -0.15) is 0 Å². The molecule has 78 valence electrons. The summed E-state index contributed by atoms with van der Waals surface area (Å²) in [6, 6.07) is 1.39. The van der Waals surface area contributed by atoms with Gasteiger partial charge in [0.1, 0.15) is 17.4 Å². The molecule has 4 nitrogen and oxygen atoms in total. The Hall–Kier alpha value is -0.390. The summed E-state index contributed by atoms with van der Waals surface area (Å²) >= 11 is 11.2. The van der Waals surface area contributed by atoms with Crippen molar-refractivity contribution in [2.45, 2.75) is 12.2 Å². The van der Waals surface area contributed by atoms with E-state index in [0.29, 0.717) is 5.56 Å². The van der Waals surface area contributed by atoms with Crippen LogP contribution >= 0.6 is 23.2 Å². The number of aliphatic hydroxyl groups excluding tert-OH is 3. The van der Waals surface area contributed by atoms with Gasteiger partial charge in [0.15, 0.2) is 0 Å². The fraction of sp³-hybridized carbons (Fsp3) is 0.375. The number of halogens is 2. The molecule has 3 N–H and O–H groups in total. The monoisotopic (exact) mass is 237 g/mol. The normalized spacial score (nSPS) is 15.2. The largest absolute Gasteiger partial charge is 0.394 e. The van der Waals surface area contributed by atoms with Crippen molar-refractivity contribution in [1.29, 1.82) is 0 Å². The molecule has 0 saturated heterocycles.